The van der Waals surface area contributed by atoms with Crippen molar-refractivity contribution >= 4 is 27.5 Å². The molecule has 3 aromatic carbocycles. The molecule has 208 valence electrons. The number of carbonyl (C=O) groups excluding carboxylic acids is 2. The van der Waals surface area contributed by atoms with Crippen LogP contribution in [-0.2, 0) is 26.2 Å². The highest BCUT2D eigenvalue weighted by molar-refractivity contribution is 7.92. The van der Waals surface area contributed by atoms with Gasteiger partial charge in [-0.1, -0.05) is 19.1 Å². The summed E-state index contributed by atoms with van der Waals surface area (Å²) in [7, 11) is -2.89. The average Bonchev–Trinajstić information content (AvgIpc) is 2.93. The van der Waals surface area contributed by atoms with E-state index in [1.54, 1.807) is 19.1 Å². The van der Waals surface area contributed by atoms with E-state index in [9.17, 15) is 26.8 Å². The molecule has 0 fully saturated rings. The zero-order valence-electron chi connectivity index (χ0n) is 21.9. The highest BCUT2D eigenvalue weighted by atomic mass is 32.2. The maximum absolute atomic E-state index is 13.8. The highest BCUT2D eigenvalue weighted by Crippen LogP contribution is 2.27. The van der Waals surface area contributed by atoms with Gasteiger partial charge in [-0.3, -0.25) is 13.9 Å². The van der Waals surface area contributed by atoms with E-state index in [4.69, 9.17) is 4.74 Å². The molecular weight excluding hydrogens is 528 g/mol. The van der Waals surface area contributed by atoms with Crippen LogP contribution in [0.3, 0.4) is 0 Å². The van der Waals surface area contributed by atoms with Crippen LogP contribution in [0.15, 0.2) is 77.7 Å². The van der Waals surface area contributed by atoms with Gasteiger partial charge in [0.15, 0.2) is 0 Å². The fourth-order valence-electron chi connectivity index (χ4n) is 4.01. The van der Waals surface area contributed by atoms with E-state index in [0.29, 0.717) is 17.9 Å². The molecule has 1 N–H and O–H groups in total. The summed E-state index contributed by atoms with van der Waals surface area (Å²) in [6.07, 6.45) is 0.250. The number of rotatable bonds is 12. The lowest BCUT2D eigenvalue weighted by molar-refractivity contribution is -0.140. The Balaban J connectivity index is 2.05. The lowest BCUT2D eigenvalue weighted by atomic mass is 10.1. The van der Waals surface area contributed by atoms with Gasteiger partial charge in [0.25, 0.3) is 10.0 Å². The predicted molar refractivity (Wildman–Crippen MR) is 144 cm³/mol. The number of ether oxygens (including phenoxy) is 1. The van der Waals surface area contributed by atoms with Crippen molar-refractivity contribution in [2.24, 2.45) is 0 Å². The zero-order valence-corrected chi connectivity index (χ0v) is 22.8. The van der Waals surface area contributed by atoms with Crippen LogP contribution in [0.25, 0.3) is 0 Å². The first-order valence-corrected chi connectivity index (χ1v) is 13.8. The molecule has 0 aromatic heterocycles. The number of amides is 2. The van der Waals surface area contributed by atoms with E-state index in [0.717, 1.165) is 28.6 Å². The summed E-state index contributed by atoms with van der Waals surface area (Å²) in [4.78, 5) is 27.6. The van der Waals surface area contributed by atoms with E-state index in [1.165, 1.54) is 48.3 Å². The summed E-state index contributed by atoms with van der Waals surface area (Å²) in [5.74, 6) is -1.65. The molecule has 0 radical (unpaired) electrons. The molecule has 0 spiro atoms. The molecule has 0 aliphatic rings. The Morgan fingerprint density at radius 2 is 1.46 bits per heavy atom. The summed E-state index contributed by atoms with van der Waals surface area (Å²) < 4.78 is 60.8. The second kappa shape index (κ2) is 13.2. The Labute approximate surface area is 227 Å². The van der Waals surface area contributed by atoms with Gasteiger partial charge in [-0.2, -0.15) is 0 Å². The quantitative estimate of drug-likeness (QED) is 0.360. The van der Waals surface area contributed by atoms with Gasteiger partial charge in [0.1, 0.15) is 30.0 Å². The Morgan fingerprint density at radius 1 is 0.897 bits per heavy atom. The van der Waals surface area contributed by atoms with Gasteiger partial charge in [0.05, 0.1) is 17.2 Å². The molecule has 8 nitrogen and oxygen atoms in total. The van der Waals surface area contributed by atoms with E-state index >= 15 is 0 Å². The molecule has 2 amide bonds. The number of halogens is 2. The minimum atomic E-state index is -4.33. The summed E-state index contributed by atoms with van der Waals surface area (Å²) >= 11 is 0. The number of hydrogen-bond donors (Lipinski definition) is 1. The fourth-order valence-corrected chi connectivity index (χ4v) is 5.42. The molecule has 0 saturated carbocycles. The highest BCUT2D eigenvalue weighted by Gasteiger charge is 2.33. The first-order chi connectivity index (χ1) is 18.6. The Hall–Kier alpha value is -3.99. The van der Waals surface area contributed by atoms with Gasteiger partial charge in [0, 0.05) is 13.6 Å². The molecule has 0 aliphatic carbocycles. The molecule has 11 heteroatoms. The van der Waals surface area contributed by atoms with E-state index in [2.05, 4.69) is 5.32 Å². The smallest absolute Gasteiger partial charge is 0.264 e. The molecular formula is C28H31F2N3O5S. The molecule has 39 heavy (non-hydrogen) atoms. The van der Waals surface area contributed by atoms with Gasteiger partial charge in [-0.05, 0) is 79.6 Å². The standard InChI is InChI=1S/C28H31F2N3O5S/c1-4-26(28(35)31-3)32(18-20-6-8-21(29)9-7-20)27(34)19-33(23-12-14-24(15-13-23)38-5-2)39(36,37)25-16-10-22(30)11-17-25/h6-17,26H,4-5,18-19H2,1-3H3,(H,31,35)/t26-/m0/s1. The fraction of sp³-hybridized carbons (Fsp3) is 0.286. The first-order valence-electron chi connectivity index (χ1n) is 12.4. The second-order valence-electron chi connectivity index (χ2n) is 8.58. The van der Waals surface area contributed by atoms with Gasteiger partial charge in [-0.25, -0.2) is 17.2 Å². The third-order valence-electron chi connectivity index (χ3n) is 6.01. The number of sulfonamides is 1. The van der Waals surface area contributed by atoms with E-state index in [1.807, 2.05) is 6.92 Å². The number of hydrogen-bond acceptors (Lipinski definition) is 5. The van der Waals surface area contributed by atoms with Gasteiger partial charge in [0.2, 0.25) is 11.8 Å². The molecule has 3 aromatic rings. The van der Waals surface area contributed by atoms with Crippen LogP contribution in [0.2, 0.25) is 0 Å². The second-order valence-corrected chi connectivity index (χ2v) is 10.4. The van der Waals surface area contributed by atoms with Crippen LogP contribution in [-0.4, -0.2) is 51.4 Å². The lowest BCUT2D eigenvalue weighted by Gasteiger charge is -2.33. The monoisotopic (exact) mass is 559 g/mol. The Morgan fingerprint density at radius 3 is 1.97 bits per heavy atom. The summed E-state index contributed by atoms with van der Waals surface area (Å²) in [5, 5.41) is 2.54. The number of nitrogens with one attached hydrogen (secondary N) is 1. The van der Waals surface area contributed by atoms with E-state index in [-0.39, 0.29) is 23.5 Å². The first kappa shape index (κ1) is 29.6. The van der Waals surface area contributed by atoms with Gasteiger partial charge < -0.3 is 15.0 Å². The third kappa shape index (κ3) is 7.32. The minimum absolute atomic E-state index is 0.0568. The molecule has 3 rings (SSSR count). The predicted octanol–water partition coefficient (Wildman–Crippen LogP) is 4.11. The van der Waals surface area contributed by atoms with Crippen molar-refractivity contribution < 1.29 is 31.5 Å². The van der Waals surface area contributed by atoms with E-state index < -0.39 is 46.1 Å². The van der Waals surface area contributed by atoms with Crippen molar-refractivity contribution in [2.75, 3.05) is 24.5 Å². The molecule has 1 atom stereocenters. The van der Waals surface area contributed by atoms with Crippen molar-refractivity contribution in [3.05, 3.63) is 90.0 Å². The largest absolute Gasteiger partial charge is 0.494 e. The van der Waals surface area contributed by atoms with Crippen molar-refractivity contribution in [3.8, 4) is 5.75 Å². The van der Waals surface area contributed by atoms with Gasteiger partial charge in [-0.15, -0.1) is 0 Å². The summed E-state index contributed by atoms with van der Waals surface area (Å²) in [6, 6.07) is 15.0. The zero-order chi connectivity index (χ0) is 28.6. The third-order valence-corrected chi connectivity index (χ3v) is 7.80. The number of likely N-dealkylation sites (N-methyl/N-ethyl adjacent to an activating group) is 1. The van der Waals surface area contributed by atoms with Crippen LogP contribution >= 0.6 is 0 Å². The van der Waals surface area contributed by atoms with Crippen LogP contribution in [0.5, 0.6) is 5.75 Å². The summed E-state index contributed by atoms with van der Waals surface area (Å²) in [6.45, 7) is 3.24. The molecule has 0 unspecified atom stereocenters. The maximum atomic E-state index is 13.8. The van der Waals surface area contributed by atoms with Crippen LogP contribution < -0.4 is 14.4 Å². The SMILES string of the molecule is CCOc1ccc(N(CC(=O)N(Cc2ccc(F)cc2)[C@@H](CC)C(=O)NC)S(=O)(=O)c2ccc(F)cc2)cc1. The number of anilines is 1. The Bertz CT molecular complexity index is 1370. The summed E-state index contributed by atoms with van der Waals surface area (Å²) in [5.41, 5.74) is 0.729. The molecule has 0 saturated heterocycles. The number of nitrogens with zero attached hydrogens (tertiary/aromatic N) is 2. The molecule has 0 bridgehead atoms. The Kier molecular flexibility index (Phi) is 10.00. The minimum Gasteiger partial charge on any atom is -0.494 e. The van der Waals surface area contributed by atoms with Gasteiger partial charge >= 0.3 is 0 Å². The topological polar surface area (TPSA) is 96.0 Å². The molecule has 0 heterocycles. The van der Waals surface area contributed by atoms with Crippen molar-refractivity contribution in [1.82, 2.24) is 10.2 Å². The number of benzene rings is 3. The van der Waals surface area contributed by atoms with Crippen LogP contribution in [0.1, 0.15) is 25.8 Å². The maximum Gasteiger partial charge on any atom is 0.264 e. The lowest BCUT2D eigenvalue weighted by Crippen LogP contribution is -2.51. The molecule has 0 aliphatic heterocycles. The van der Waals surface area contributed by atoms with Crippen molar-refractivity contribution in [1.29, 1.82) is 0 Å². The number of carbonyl (C=O) groups is 2. The normalized spacial score (nSPS) is 11.9. The van der Waals surface area contributed by atoms with Crippen LogP contribution in [0.4, 0.5) is 14.5 Å². The average molecular weight is 560 g/mol. The van der Waals surface area contributed by atoms with Crippen molar-refractivity contribution in [3.63, 3.8) is 0 Å². The van der Waals surface area contributed by atoms with Crippen molar-refractivity contribution in [2.45, 2.75) is 37.8 Å². The van der Waals surface area contributed by atoms with Crippen LogP contribution in [0, 0.1) is 11.6 Å².